The van der Waals surface area contributed by atoms with Gasteiger partial charge in [0.2, 0.25) is 10.0 Å². The number of nitrogens with zero attached hydrogens (tertiary/aromatic N) is 2. The number of nitrogens with one attached hydrogen (secondary N) is 1. The van der Waals surface area contributed by atoms with Gasteiger partial charge in [0.05, 0.1) is 6.20 Å². The zero-order valence-electron chi connectivity index (χ0n) is 12.4. The number of hydrogen-bond acceptors (Lipinski definition) is 7. The Morgan fingerprint density at radius 2 is 2.30 bits per heavy atom. The summed E-state index contributed by atoms with van der Waals surface area (Å²) in [6, 6.07) is 9.40. The van der Waals surface area contributed by atoms with Crippen molar-refractivity contribution in [2.24, 2.45) is 5.14 Å². The van der Waals surface area contributed by atoms with E-state index >= 15 is 0 Å². The van der Waals surface area contributed by atoms with E-state index in [0.717, 1.165) is 16.9 Å². The molecule has 1 atom stereocenters. The van der Waals surface area contributed by atoms with Gasteiger partial charge in [-0.1, -0.05) is 30.4 Å². The molecule has 0 saturated carbocycles. The maximum atomic E-state index is 11.2. The Kier molecular flexibility index (Phi) is 5.54. The minimum atomic E-state index is -3.73. The molecule has 2 rings (SSSR count). The van der Waals surface area contributed by atoms with Gasteiger partial charge >= 0.3 is 0 Å². The molecule has 2 aromatic rings. The van der Waals surface area contributed by atoms with E-state index in [9.17, 15) is 8.42 Å². The average Bonchev–Trinajstić information content (AvgIpc) is 3.00. The van der Waals surface area contributed by atoms with Crippen LogP contribution >= 0.6 is 11.3 Å². The van der Waals surface area contributed by atoms with Gasteiger partial charge in [-0.2, -0.15) is 5.26 Å². The Hall–Kier alpha value is -2.15. The fraction of sp³-hybridized carbons (Fsp3) is 0.286. The molecule has 3 N–H and O–H groups in total. The normalized spacial score (nSPS) is 12.4. The molecular formula is C14H16N4O3S2. The minimum absolute atomic E-state index is 0.0110. The fourth-order valence-electron chi connectivity index (χ4n) is 1.74. The quantitative estimate of drug-likeness (QED) is 0.787. The predicted molar refractivity (Wildman–Crippen MR) is 87.6 cm³/mol. The molecule has 0 spiro atoms. The fourth-order valence-corrected chi connectivity index (χ4v) is 3.19. The van der Waals surface area contributed by atoms with Gasteiger partial charge in [-0.25, -0.2) is 18.5 Å². The monoisotopic (exact) mass is 352 g/mol. The van der Waals surface area contributed by atoms with Crippen molar-refractivity contribution in [3.63, 3.8) is 0 Å². The highest BCUT2D eigenvalue weighted by atomic mass is 32.2. The van der Waals surface area contributed by atoms with E-state index in [4.69, 9.17) is 15.1 Å². The SMILES string of the molecule is CCC(C#N)Oc1cccc(CNc2ncc(S(N)(=O)=O)s2)c1. The molecule has 1 heterocycles. The van der Waals surface area contributed by atoms with Gasteiger partial charge in [-0.15, -0.1) is 0 Å². The molecular weight excluding hydrogens is 336 g/mol. The molecule has 0 radical (unpaired) electrons. The van der Waals surface area contributed by atoms with Gasteiger partial charge in [-0.3, -0.25) is 0 Å². The third-order valence-corrected chi connectivity index (χ3v) is 5.26. The standard InChI is InChI=1S/C14H16N4O3S2/c1-2-11(7-15)21-12-5-3-4-10(6-12)8-17-14-18-9-13(22-14)23(16,19)20/h3-6,9,11H,2,8H2,1H3,(H,17,18)(H2,16,19,20). The van der Waals surface area contributed by atoms with Crippen LogP contribution in [0.4, 0.5) is 5.13 Å². The number of hydrogen-bond donors (Lipinski definition) is 2. The van der Waals surface area contributed by atoms with Crippen molar-refractivity contribution >= 4 is 26.5 Å². The van der Waals surface area contributed by atoms with E-state index in [1.54, 1.807) is 6.07 Å². The molecule has 1 aromatic carbocycles. The van der Waals surface area contributed by atoms with Crippen molar-refractivity contribution in [2.45, 2.75) is 30.2 Å². The highest BCUT2D eigenvalue weighted by molar-refractivity contribution is 7.91. The molecule has 0 aliphatic heterocycles. The van der Waals surface area contributed by atoms with E-state index in [1.807, 2.05) is 25.1 Å². The van der Waals surface area contributed by atoms with Crippen molar-refractivity contribution in [3.8, 4) is 11.8 Å². The van der Waals surface area contributed by atoms with Crippen LogP contribution in [0.15, 0.2) is 34.7 Å². The summed E-state index contributed by atoms with van der Waals surface area (Å²) in [5, 5.41) is 17.5. The molecule has 0 bridgehead atoms. The molecule has 9 heteroatoms. The van der Waals surface area contributed by atoms with Gasteiger partial charge in [0.25, 0.3) is 0 Å². The highest BCUT2D eigenvalue weighted by Crippen LogP contribution is 2.23. The lowest BCUT2D eigenvalue weighted by Crippen LogP contribution is -2.12. The Labute approximate surface area is 138 Å². The smallest absolute Gasteiger partial charge is 0.249 e. The maximum absolute atomic E-state index is 11.2. The second-order valence-corrected chi connectivity index (χ2v) is 7.49. The Morgan fingerprint density at radius 1 is 1.52 bits per heavy atom. The minimum Gasteiger partial charge on any atom is -0.476 e. The first kappa shape index (κ1) is 17.2. The first-order valence-electron chi connectivity index (χ1n) is 6.80. The number of nitrogens with two attached hydrogens (primary N) is 1. The van der Waals surface area contributed by atoms with Crippen molar-refractivity contribution in [2.75, 3.05) is 5.32 Å². The Balaban J connectivity index is 2.01. The third-order valence-electron chi connectivity index (χ3n) is 2.90. The van der Waals surface area contributed by atoms with Gasteiger partial charge < -0.3 is 10.1 Å². The third kappa shape index (κ3) is 4.92. The number of sulfonamides is 1. The van der Waals surface area contributed by atoms with Crippen molar-refractivity contribution in [3.05, 3.63) is 36.0 Å². The van der Waals surface area contributed by atoms with Crippen molar-refractivity contribution in [1.29, 1.82) is 5.26 Å². The van der Waals surface area contributed by atoms with Crippen LogP contribution in [0.2, 0.25) is 0 Å². The largest absolute Gasteiger partial charge is 0.476 e. The number of primary sulfonamides is 1. The molecule has 0 aliphatic carbocycles. The first-order valence-corrected chi connectivity index (χ1v) is 9.16. The Bertz CT molecular complexity index is 811. The summed E-state index contributed by atoms with van der Waals surface area (Å²) in [5.74, 6) is 0.613. The molecule has 7 nitrogen and oxygen atoms in total. The maximum Gasteiger partial charge on any atom is 0.249 e. The van der Waals surface area contributed by atoms with E-state index in [0.29, 0.717) is 23.8 Å². The van der Waals surface area contributed by atoms with E-state index in [2.05, 4.69) is 16.4 Å². The molecule has 0 fully saturated rings. The molecule has 0 saturated heterocycles. The molecule has 0 aliphatic rings. The molecule has 0 amide bonds. The van der Waals surface area contributed by atoms with Crippen LogP contribution in [0.3, 0.4) is 0 Å². The van der Waals surface area contributed by atoms with Crippen molar-refractivity contribution in [1.82, 2.24) is 4.98 Å². The number of aromatic nitrogens is 1. The molecule has 23 heavy (non-hydrogen) atoms. The molecule has 122 valence electrons. The molecule has 1 aromatic heterocycles. The van der Waals surface area contributed by atoms with Crippen LogP contribution in [0.5, 0.6) is 5.75 Å². The summed E-state index contributed by atoms with van der Waals surface area (Å²) >= 11 is 0.972. The second kappa shape index (κ2) is 7.41. The summed E-state index contributed by atoms with van der Waals surface area (Å²) in [7, 11) is -3.73. The van der Waals surface area contributed by atoms with Crippen LogP contribution in [-0.2, 0) is 16.6 Å². The number of benzene rings is 1. The van der Waals surface area contributed by atoms with E-state index in [-0.39, 0.29) is 4.21 Å². The van der Waals surface area contributed by atoms with Gasteiger partial charge in [0.15, 0.2) is 15.4 Å². The summed E-state index contributed by atoms with van der Waals surface area (Å²) in [4.78, 5) is 3.97. The van der Waals surface area contributed by atoms with Gasteiger partial charge in [0, 0.05) is 6.54 Å². The average molecular weight is 352 g/mol. The lowest BCUT2D eigenvalue weighted by Gasteiger charge is -2.11. The topological polar surface area (TPSA) is 118 Å². The number of ether oxygens (including phenoxy) is 1. The van der Waals surface area contributed by atoms with Gasteiger partial charge in [0.1, 0.15) is 11.8 Å². The number of nitriles is 1. The van der Waals surface area contributed by atoms with Crippen LogP contribution in [0.1, 0.15) is 18.9 Å². The van der Waals surface area contributed by atoms with E-state index < -0.39 is 16.1 Å². The summed E-state index contributed by atoms with van der Waals surface area (Å²) in [6.07, 6.45) is 1.35. The highest BCUT2D eigenvalue weighted by Gasteiger charge is 2.12. The second-order valence-electron chi connectivity index (χ2n) is 4.67. The lowest BCUT2D eigenvalue weighted by atomic mass is 10.2. The van der Waals surface area contributed by atoms with Crippen LogP contribution in [0.25, 0.3) is 0 Å². The van der Waals surface area contributed by atoms with Crippen LogP contribution in [0, 0.1) is 11.3 Å². The summed E-state index contributed by atoms with van der Waals surface area (Å²) < 4.78 is 28.0. The number of thiazole rings is 1. The van der Waals surface area contributed by atoms with E-state index in [1.165, 1.54) is 6.20 Å². The van der Waals surface area contributed by atoms with Gasteiger partial charge in [-0.05, 0) is 24.1 Å². The van der Waals surface area contributed by atoms with Crippen LogP contribution in [-0.4, -0.2) is 19.5 Å². The lowest BCUT2D eigenvalue weighted by molar-refractivity contribution is 0.251. The summed E-state index contributed by atoms with van der Waals surface area (Å²) in [6.45, 7) is 2.32. The van der Waals surface area contributed by atoms with Crippen molar-refractivity contribution < 1.29 is 13.2 Å². The number of rotatable bonds is 7. The molecule has 1 unspecified atom stereocenters. The Morgan fingerprint density at radius 3 is 2.91 bits per heavy atom. The predicted octanol–water partition coefficient (Wildman–Crippen LogP) is 2.08. The van der Waals surface area contributed by atoms with Crippen LogP contribution < -0.4 is 15.2 Å². The number of anilines is 1. The zero-order chi connectivity index (χ0) is 16.9. The zero-order valence-corrected chi connectivity index (χ0v) is 14.0. The first-order chi connectivity index (χ1) is 10.9. The summed E-state index contributed by atoms with van der Waals surface area (Å²) in [5.41, 5.74) is 0.919.